The lowest BCUT2D eigenvalue weighted by atomic mass is 10.3. The molecule has 6 nitrogen and oxygen atoms in total. The van der Waals surface area contributed by atoms with E-state index in [0.29, 0.717) is 0 Å². The fraction of sp³-hybridized carbons (Fsp3) is 0.0667. The summed E-state index contributed by atoms with van der Waals surface area (Å²) >= 11 is 12.3. The summed E-state index contributed by atoms with van der Waals surface area (Å²) in [5.74, 6) is 0.371. The summed E-state index contributed by atoms with van der Waals surface area (Å²) in [4.78, 5) is 16.2. The van der Waals surface area contributed by atoms with Gasteiger partial charge in [0.2, 0.25) is 11.6 Å². The minimum atomic E-state index is -0.468. The normalized spacial score (nSPS) is 10.5. The average Bonchev–Trinajstić information content (AvgIpc) is 2.59. The highest BCUT2D eigenvalue weighted by atomic mass is 35.5. The Morgan fingerprint density at radius 2 is 1.62 bits per heavy atom. The van der Waals surface area contributed by atoms with Gasteiger partial charge < -0.3 is 9.47 Å². The summed E-state index contributed by atoms with van der Waals surface area (Å²) < 4.78 is 23.9. The van der Waals surface area contributed by atoms with Crippen molar-refractivity contribution in [1.82, 2.24) is 19.9 Å². The summed E-state index contributed by atoms with van der Waals surface area (Å²) in [6.07, 6.45) is 3.09. The number of nitrogens with zero attached hydrogens (tertiary/aromatic N) is 4. The molecule has 0 aliphatic rings. The standard InChI is InChI=1S/C15H9Cl2FN4O2/c1-23-10-7-8(18)3-4-9(10)24-11-12(16)21-15(22-13(11)17)14-19-5-2-6-20-14/h2-7H,1H3. The zero-order chi connectivity index (χ0) is 17.1. The maximum Gasteiger partial charge on any atom is 0.202 e. The molecule has 122 valence electrons. The van der Waals surface area contributed by atoms with E-state index in [9.17, 15) is 4.39 Å². The van der Waals surface area contributed by atoms with Gasteiger partial charge in [-0.15, -0.1) is 0 Å². The molecule has 0 radical (unpaired) electrons. The van der Waals surface area contributed by atoms with Crippen LogP contribution < -0.4 is 9.47 Å². The Morgan fingerprint density at radius 3 is 2.25 bits per heavy atom. The Bertz CT molecular complexity index is 858. The summed E-state index contributed by atoms with van der Waals surface area (Å²) in [5.41, 5.74) is 0. The number of hydrogen-bond donors (Lipinski definition) is 0. The third kappa shape index (κ3) is 3.37. The van der Waals surface area contributed by atoms with E-state index in [1.54, 1.807) is 18.5 Å². The van der Waals surface area contributed by atoms with Gasteiger partial charge in [-0.25, -0.2) is 24.3 Å². The molecule has 2 heterocycles. The van der Waals surface area contributed by atoms with Crippen molar-refractivity contribution in [2.24, 2.45) is 0 Å². The van der Waals surface area contributed by atoms with Gasteiger partial charge in [-0.2, -0.15) is 0 Å². The van der Waals surface area contributed by atoms with E-state index >= 15 is 0 Å². The summed E-state index contributed by atoms with van der Waals surface area (Å²) in [6.45, 7) is 0. The molecule has 0 saturated heterocycles. The second-order valence-corrected chi connectivity index (χ2v) is 5.14. The fourth-order valence-corrected chi connectivity index (χ4v) is 2.30. The molecule has 9 heteroatoms. The molecule has 3 aromatic rings. The Morgan fingerprint density at radius 1 is 0.958 bits per heavy atom. The largest absolute Gasteiger partial charge is 0.493 e. The number of rotatable bonds is 4. The first-order valence-corrected chi connectivity index (χ1v) is 7.36. The molecule has 0 spiro atoms. The van der Waals surface area contributed by atoms with E-state index in [2.05, 4.69) is 19.9 Å². The monoisotopic (exact) mass is 366 g/mol. The van der Waals surface area contributed by atoms with Crippen molar-refractivity contribution in [3.63, 3.8) is 0 Å². The molecule has 0 N–H and O–H groups in total. The number of methoxy groups -OCH3 is 1. The Balaban J connectivity index is 1.98. The minimum Gasteiger partial charge on any atom is -0.493 e. The van der Waals surface area contributed by atoms with E-state index in [1.807, 2.05) is 0 Å². The van der Waals surface area contributed by atoms with Gasteiger partial charge >= 0.3 is 0 Å². The smallest absolute Gasteiger partial charge is 0.202 e. The van der Waals surface area contributed by atoms with Crippen LogP contribution in [0.5, 0.6) is 17.2 Å². The number of benzene rings is 1. The van der Waals surface area contributed by atoms with Crippen molar-refractivity contribution in [3.8, 4) is 28.9 Å². The molecule has 1 aromatic carbocycles. The number of halogens is 3. The van der Waals surface area contributed by atoms with Crippen molar-refractivity contribution in [2.75, 3.05) is 7.11 Å². The summed E-state index contributed by atoms with van der Waals surface area (Å²) in [7, 11) is 1.39. The van der Waals surface area contributed by atoms with Crippen LogP contribution in [0.3, 0.4) is 0 Å². The van der Waals surface area contributed by atoms with Gasteiger partial charge in [-0.1, -0.05) is 23.2 Å². The van der Waals surface area contributed by atoms with Crippen molar-refractivity contribution in [2.45, 2.75) is 0 Å². The van der Waals surface area contributed by atoms with Gasteiger partial charge in [0, 0.05) is 18.5 Å². The molecular formula is C15H9Cl2FN4O2. The van der Waals surface area contributed by atoms with Gasteiger partial charge in [0.25, 0.3) is 0 Å². The zero-order valence-corrected chi connectivity index (χ0v) is 13.7. The Hall–Kier alpha value is -2.51. The third-order valence-electron chi connectivity index (χ3n) is 2.89. The van der Waals surface area contributed by atoms with Crippen molar-refractivity contribution in [1.29, 1.82) is 0 Å². The van der Waals surface area contributed by atoms with Gasteiger partial charge in [0.05, 0.1) is 7.11 Å². The minimum absolute atomic E-state index is 0.0166. The molecule has 0 aliphatic carbocycles. The third-order valence-corrected chi connectivity index (χ3v) is 3.40. The Labute approximate surface area is 146 Å². The van der Waals surface area contributed by atoms with Crippen LogP contribution in [0, 0.1) is 5.82 Å². The Kier molecular flexibility index (Phi) is 4.73. The van der Waals surface area contributed by atoms with Crippen LogP contribution >= 0.6 is 23.2 Å². The number of aromatic nitrogens is 4. The summed E-state index contributed by atoms with van der Waals surface area (Å²) in [6, 6.07) is 5.43. The van der Waals surface area contributed by atoms with Crippen LogP contribution in [-0.4, -0.2) is 27.0 Å². The molecule has 3 rings (SSSR count). The van der Waals surface area contributed by atoms with Crippen molar-refractivity contribution >= 4 is 23.2 Å². The molecule has 0 bridgehead atoms. The van der Waals surface area contributed by atoms with Crippen molar-refractivity contribution < 1.29 is 13.9 Å². The zero-order valence-electron chi connectivity index (χ0n) is 12.2. The molecular weight excluding hydrogens is 358 g/mol. The fourth-order valence-electron chi connectivity index (χ4n) is 1.83. The van der Waals surface area contributed by atoms with Crippen LogP contribution in [0.2, 0.25) is 10.3 Å². The van der Waals surface area contributed by atoms with E-state index in [0.717, 1.165) is 0 Å². The SMILES string of the molecule is COc1cc(F)ccc1Oc1c(Cl)nc(-c2ncccn2)nc1Cl. The quantitative estimate of drug-likeness (QED) is 0.645. The van der Waals surface area contributed by atoms with E-state index in [4.69, 9.17) is 32.7 Å². The molecule has 0 saturated carbocycles. The topological polar surface area (TPSA) is 70.0 Å². The van der Waals surface area contributed by atoms with Gasteiger partial charge in [0.1, 0.15) is 5.82 Å². The van der Waals surface area contributed by atoms with E-state index in [1.165, 1.54) is 25.3 Å². The lowest BCUT2D eigenvalue weighted by Crippen LogP contribution is -1.99. The highest BCUT2D eigenvalue weighted by Crippen LogP contribution is 2.38. The first-order valence-electron chi connectivity index (χ1n) is 6.60. The second-order valence-electron chi connectivity index (χ2n) is 4.43. The maximum atomic E-state index is 13.2. The highest BCUT2D eigenvalue weighted by molar-refractivity contribution is 6.35. The van der Waals surface area contributed by atoms with Crippen LogP contribution in [0.4, 0.5) is 4.39 Å². The lowest BCUT2D eigenvalue weighted by molar-refractivity contribution is 0.375. The molecule has 0 unspecified atom stereocenters. The van der Waals surface area contributed by atoms with Gasteiger partial charge in [-0.05, 0) is 18.2 Å². The first kappa shape index (κ1) is 16.4. The maximum absolute atomic E-state index is 13.2. The molecule has 0 aliphatic heterocycles. The van der Waals surface area contributed by atoms with Crippen LogP contribution in [0.25, 0.3) is 11.6 Å². The van der Waals surface area contributed by atoms with Crippen LogP contribution in [0.1, 0.15) is 0 Å². The molecule has 24 heavy (non-hydrogen) atoms. The van der Waals surface area contributed by atoms with Gasteiger partial charge in [-0.3, -0.25) is 0 Å². The van der Waals surface area contributed by atoms with Crippen molar-refractivity contribution in [3.05, 3.63) is 52.8 Å². The second kappa shape index (κ2) is 6.94. The van der Waals surface area contributed by atoms with Crippen LogP contribution in [0.15, 0.2) is 36.7 Å². The predicted octanol–water partition coefficient (Wildman–Crippen LogP) is 4.18. The lowest BCUT2D eigenvalue weighted by Gasteiger charge is -2.12. The van der Waals surface area contributed by atoms with E-state index in [-0.39, 0.29) is 39.2 Å². The average molecular weight is 367 g/mol. The van der Waals surface area contributed by atoms with E-state index < -0.39 is 5.82 Å². The first-order chi connectivity index (χ1) is 11.6. The molecule has 2 aromatic heterocycles. The molecule has 0 fully saturated rings. The molecule has 0 amide bonds. The van der Waals surface area contributed by atoms with Crippen LogP contribution in [-0.2, 0) is 0 Å². The van der Waals surface area contributed by atoms with Gasteiger partial charge in [0.15, 0.2) is 27.6 Å². The number of hydrogen-bond acceptors (Lipinski definition) is 6. The number of ether oxygens (including phenoxy) is 2. The highest BCUT2D eigenvalue weighted by Gasteiger charge is 2.18. The predicted molar refractivity (Wildman–Crippen MR) is 86.1 cm³/mol. The summed E-state index contributed by atoms with van der Waals surface area (Å²) in [5, 5.41) is -0.0762. The molecule has 0 atom stereocenters.